The molecule has 3 aromatic rings. The predicted octanol–water partition coefficient (Wildman–Crippen LogP) is 4.60. The molecule has 2 aromatic carbocycles. The molecule has 0 bridgehead atoms. The third-order valence-corrected chi connectivity index (χ3v) is 7.66. The number of hydrogen-bond donors (Lipinski definition) is 1. The molecule has 0 saturated heterocycles. The van der Waals surface area contributed by atoms with Gasteiger partial charge in [-0.25, -0.2) is 0 Å². The lowest BCUT2D eigenvalue weighted by Gasteiger charge is -2.22. The number of fused-ring (bicyclic) bond motifs is 1. The Morgan fingerprint density at radius 3 is 2.40 bits per heavy atom. The Bertz CT molecular complexity index is 1560. The number of ether oxygens (including phenoxy) is 3. The van der Waals surface area contributed by atoms with Gasteiger partial charge in [0.2, 0.25) is 0 Å². The zero-order chi connectivity index (χ0) is 30.8. The highest BCUT2D eigenvalue weighted by molar-refractivity contribution is 6.35. The molecular formula is C29H25Cl2F2N3O7. The summed E-state index contributed by atoms with van der Waals surface area (Å²) in [5.41, 5.74) is 7.09. The minimum Gasteiger partial charge on any atom is -0.619 e. The summed E-state index contributed by atoms with van der Waals surface area (Å²) in [6.45, 7) is -3.39. The SMILES string of the molecule is NCc1ccc2c(c1)C(=O)N(CC(=O)O[C@@H](Cc1c(Cl)c[n+]([O-])cc1Cl)c1ccc(OC(F)F)c(OCC3CC3)c1)C2=O. The molecule has 2 amide bonds. The van der Waals surface area contributed by atoms with Gasteiger partial charge >= 0.3 is 12.6 Å². The van der Waals surface area contributed by atoms with Gasteiger partial charge in [-0.2, -0.15) is 13.5 Å². The van der Waals surface area contributed by atoms with Crippen molar-refractivity contribution >= 4 is 41.0 Å². The fourth-order valence-electron chi connectivity index (χ4n) is 4.60. The number of carbonyl (C=O) groups is 3. The van der Waals surface area contributed by atoms with Crippen molar-refractivity contribution in [3.63, 3.8) is 0 Å². The van der Waals surface area contributed by atoms with E-state index in [9.17, 15) is 28.4 Å². The van der Waals surface area contributed by atoms with E-state index >= 15 is 0 Å². The van der Waals surface area contributed by atoms with Crippen molar-refractivity contribution < 1.29 is 42.1 Å². The van der Waals surface area contributed by atoms with E-state index in [4.69, 9.17) is 38.4 Å². The molecule has 1 saturated carbocycles. The van der Waals surface area contributed by atoms with E-state index in [0.717, 1.165) is 30.1 Å². The minimum absolute atomic E-state index is 0.00413. The minimum atomic E-state index is -3.11. The first-order valence-electron chi connectivity index (χ1n) is 13.2. The highest BCUT2D eigenvalue weighted by atomic mass is 35.5. The maximum absolute atomic E-state index is 13.2. The lowest BCUT2D eigenvalue weighted by Crippen LogP contribution is -2.36. The van der Waals surface area contributed by atoms with E-state index in [1.54, 1.807) is 6.07 Å². The molecule has 2 aliphatic rings. The average Bonchev–Trinajstić information content (AvgIpc) is 3.76. The molecule has 2 N–H and O–H groups in total. The average molecular weight is 636 g/mol. The highest BCUT2D eigenvalue weighted by Gasteiger charge is 2.38. The number of aromatic nitrogens is 1. The zero-order valence-electron chi connectivity index (χ0n) is 22.4. The number of esters is 1. The van der Waals surface area contributed by atoms with E-state index in [1.807, 2.05) is 0 Å². The first-order chi connectivity index (χ1) is 20.5. The Labute approximate surface area is 254 Å². The second-order valence-electron chi connectivity index (χ2n) is 10.1. The van der Waals surface area contributed by atoms with Crippen molar-refractivity contribution in [2.24, 2.45) is 11.7 Å². The molecular weight excluding hydrogens is 611 g/mol. The maximum Gasteiger partial charge on any atom is 0.387 e. The van der Waals surface area contributed by atoms with Crippen LogP contribution in [0.3, 0.4) is 0 Å². The van der Waals surface area contributed by atoms with Crippen LogP contribution in [-0.4, -0.2) is 42.4 Å². The molecule has 1 atom stereocenters. The number of imide groups is 1. The van der Waals surface area contributed by atoms with Crippen LogP contribution in [-0.2, 0) is 22.5 Å². The number of rotatable bonds is 12. The van der Waals surface area contributed by atoms with E-state index in [2.05, 4.69) is 4.74 Å². The number of nitrogens with two attached hydrogens (primary N) is 1. The summed E-state index contributed by atoms with van der Waals surface area (Å²) in [5, 5.41) is 11.8. The normalized spacial score (nSPS) is 15.1. The summed E-state index contributed by atoms with van der Waals surface area (Å²) in [6.07, 6.45) is 2.72. The van der Waals surface area contributed by atoms with Gasteiger partial charge in [0.05, 0.1) is 17.7 Å². The van der Waals surface area contributed by atoms with Gasteiger partial charge in [0.1, 0.15) is 22.7 Å². The molecule has 10 nitrogen and oxygen atoms in total. The maximum atomic E-state index is 13.2. The lowest BCUT2D eigenvalue weighted by molar-refractivity contribution is -0.605. The number of benzene rings is 2. The van der Waals surface area contributed by atoms with Gasteiger partial charge in [-0.3, -0.25) is 19.3 Å². The Morgan fingerprint density at radius 2 is 1.74 bits per heavy atom. The van der Waals surface area contributed by atoms with Gasteiger partial charge in [0.25, 0.3) is 11.8 Å². The van der Waals surface area contributed by atoms with Gasteiger partial charge < -0.3 is 25.2 Å². The van der Waals surface area contributed by atoms with Crippen molar-refractivity contribution in [2.45, 2.75) is 38.5 Å². The van der Waals surface area contributed by atoms with Crippen LogP contribution in [0.25, 0.3) is 0 Å². The topological polar surface area (TPSA) is 135 Å². The summed E-state index contributed by atoms with van der Waals surface area (Å²) in [5.74, 6) is -2.22. The number of nitrogens with zero attached hydrogens (tertiary/aromatic N) is 2. The van der Waals surface area contributed by atoms with E-state index < -0.39 is 37.0 Å². The van der Waals surface area contributed by atoms with Gasteiger partial charge in [-0.05, 0) is 54.2 Å². The summed E-state index contributed by atoms with van der Waals surface area (Å²) in [7, 11) is 0. The highest BCUT2D eigenvalue weighted by Crippen LogP contribution is 2.38. The Hall–Kier alpha value is -4.00. The summed E-state index contributed by atoms with van der Waals surface area (Å²) >= 11 is 12.6. The zero-order valence-corrected chi connectivity index (χ0v) is 23.9. The molecule has 226 valence electrons. The summed E-state index contributed by atoms with van der Waals surface area (Å²) < 4.78 is 42.7. The quantitative estimate of drug-likeness (QED) is 0.132. The predicted molar refractivity (Wildman–Crippen MR) is 149 cm³/mol. The fraction of sp³-hybridized carbons (Fsp3) is 0.310. The van der Waals surface area contributed by atoms with Crippen molar-refractivity contribution in [3.8, 4) is 11.5 Å². The van der Waals surface area contributed by atoms with Crippen LogP contribution in [0.1, 0.15) is 56.4 Å². The van der Waals surface area contributed by atoms with E-state index in [1.165, 1.54) is 30.3 Å². The van der Waals surface area contributed by atoms with E-state index in [-0.39, 0.29) is 63.7 Å². The largest absolute Gasteiger partial charge is 0.619 e. The van der Waals surface area contributed by atoms with Crippen molar-refractivity contribution in [3.05, 3.63) is 91.9 Å². The molecule has 5 rings (SSSR count). The Balaban J connectivity index is 1.43. The molecule has 2 heterocycles. The third kappa shape index (κ3) is 6.98. The first kappa shape index (κ1) is 30.5. The molecule has 1 aliphatic heterocycles. The van der Waals surface area contributed by atoms with Crippen LogP contribution in [0.5, 0.6) is 11.5 Å². The summed E-state index contributed by atoms with van der Waals surface area (Å²) in [4.78, 5) is 39.9. The van der Waals surface area contributed by atoms with Crippen LogP contribution in [0, 0.1) is 11.1 Å². The monoisotopic (exact) mass is 635 g/mol. The molecule has 1 aliphatic carbocycles. The number of carbonyl (C=O) groups excluding carboxylic acids is 3. The molecule has 43 heavy (non-hydrogen) atoms. The van der Waals surface area contributed by atoms with Crippen molar-refractivity contribution in [1.29, 1.82) is 0 Å². The van der Waals surface area contributed by atoms with Crippen LogP contribution >= 0.6 is 23.2 Å². The molecule has 1 aromatic heterocycles. The smallest absolute Gasteiger partial charge is 0.387 e. The Morgan fingerprint density at radius 1 is 1.05 bits per heavy atom. The lowest BCUT2D eigenvalue weighted by atomic mass is 10.0. The van der Waals surface area contributed by atoms with Crippen LogP contribution < -0.4 is 19.9 Å². The molecule has 14 heteroatoms. The standard InChI is InChI=1S/C29H25Cl2F2N3O7/c30-21-11-35(40)12-22(31)20(21)9-24(17-4-6-23(43-29(32)33)25(8-17)41-14-15-1-2-15)42-26(37)13-36-27(38)18-5-3-16(10-34)7-19(18)28(36)39/h3-8,11-12,15,24,29H,1-2,9-10,13-14,34H2/t24-/m0/s1. The third-order valence-electron chi connectivity index (χ3n) is 7.01. The second kappa shape index (κ2) is 12.7. The van der Waals surface area contributed by atoms with Gasteiger partial charge in [-0.1, -0.05) is 35.3 Å². The number of hydrogen-bond acceptors (Lipinski definition) is 8. The van der Waals surface area contributed by atoms with Crippen molar-refractivity contribution in [2.75, 3.05) is 13.2 Å². The van der Waals surface area contributed by atoms with Crippen molar-refractivity contribution in [1.82, 2.24) is 4.90 Å². The Kier molecular flexibility index (Phi) is 9.00. The number of amides is 2. The van der Waals surface area contributed by atoms with Gasteiger partial charge in [0, 0.05) is 18.5 Å². The number of halogens is 4. The summed E-state index contributed by atoms with van der Waals surface area (Å²) in [6, 6.07) is 8.63. The van der Waals surface area contributed by atoms with Crippen LogP contribution in [0.4, 0.5) is 8.78 Å². The molecule has 0 unspecified atom stereocenters. The number of alkyl halides is 2. The number of pyridine rings is 1. The van der Waals surface area contributed by atoms with Gasteiger partial charge in [-0.15, -0.1) is 0 Å². The molecule has 0 spiro atoms. The molecule has 1 fully saturated rings. The van der Waals surface area contributed by atoms with Crippen LogP contribution in [0.15, 0.2) is 48.8 Å². The fourth-order valence-corrected chi connectivity index (χ4v) is 5.19. The molecule has 0 radical (unpaired) electrons. The first-order valence-corrected chi connectivity index (χ1v) is 14.0. The van der Waals surface area contributed by atoms with Gasteiger partial charge in [0.15, 0.2) is 23.9 Å². The van der Waals surface area contributed by atoms with Crippen LogP contribution in [0.2, 0.25) is 10.0 Å². The van der Waals surface area contributed by atoms with E-state index in [0.29, 0.717) is 15.9 Å². The second-order valence-corrected chi connectivity index (χ2v) is 10.9.